The Kier molecular flexibility index (Phi) is 4.58. The minimum Gasteiger partial charge on any atom is -0.352 e. The Morgan fingerprint density at radius 1 is 1.00 bits per heavy atom. The number of fused-ring (bicyclic) bond motifs is 2. The summed E-state index contributed by atoms with van der Waals surface area (Å²) < 4.78 is 42.7. The van der Waals surface area contributed by atoms with Crippen molar-refractivity contribution in [2.24, 2.45) is 0 Å². The largest absolute Gasteiger partial charge is 0.453 e. The summed E-state index contributed by atoms with van der Waals surface area (Å²) in [5, 5.41) is 11.3. The highest BCUT2D eigenvalue weighted by Gasteiger charge is 2.38. The predicted octanol–water partition coefficient (Wildman–Crippen LogP) is 2.73. The fourth-order valence-corrected chi connectivity index (χ4v) is 4.00. The summed E-state index contributed by atoms with van der Waals surface area (Å²) in [6.07, 6.45) is -0.621. The van der Waals surface area contributed by atoms with Crippen molar-refractivity contribution in [3.8, 4) is 0 Å². The molecule has 1 fully saturated rings. The standard InChI is InChI=1S/C20H21F3N8/c1-13-14(2)18(27-31-17(13)25-26-19(31)20(21,22)23)29-9-7-28(8-10-29)11-15-12-30-6-4-3-5-16(30)24-15/h3-6,12H,7-11H2,1-2H3. The van der Waals surface area contributed by atoms with Crippen LogP contribution < -0.4 is 4.90 Å². The first-order chi connectivity index (χ1) is 14.8. The lowest BCUT2D eigenvalue weighted by Gasteiger charge is -2.35. The number of piperazine rings is 1. The molecule has 4 aromatic rings. The van der Waals surface area contributed by atoms with Crippen molar-refractivity contribution in [1.82, 2.24) is 34.1 Å². The van der Waals surface area contributed by atoms with Gasteiger partial charge in [0.05, 0.1) is 5.69 Å². The second kappa shape index (κ2) is 7.19. The fraction of sp³-hybridized carbons (Fsp3) is 0.400. The van der Waals surface area contributed by atoms with E-state index in [2.05, 4.69) is 25.2 Å². The smallest absolute Gasteiger partial charge is 0.352 e. The molecule has 0 amide bonds. The molecule has 0 aromatic carbocycles. The van der Waals surface area contributed by atoms with Crippen LogP contribution >= 0.6 is 0 Å². The molecule has 31 heavy (non-hydrogen) atoms. The third-order valence-electron chi connectivity index (χ3n) is 5.79. The van der Waals surface area contributed by atoms with E-state index in [-0.39, 0.29) is 5.65 Å². The zero-order valence-electron chi connectivity index (χ0n) is 17.1. The SMILES string of the molecule is Cc1c(N2CCN(Cc3cn4ccccc4n3)CC2)nn2c(C(F)(F)F)nnc2c1C. The number of nitrogens with zero attached hydrogens (tertiary/aromatic N) is 8. The van der Waals surface area contributed by atoms with Gasteiger partial charge in [-0.25, -0.2) is 4.98 Å². The average Bonchev–Trinajstić information content (AvgIpc) is 3.35. The van der Waals surface area contributed by atoms with Crippen LogP contribution in [-0.4, -0.2) is 60.3 Å². The van der Waals surface area contributed by atoms with Gasteiger partial charge in [0, 0.05) is 56.2 Å². The molecule has 5 heterocycles. The van der Waals surface area contributed by atoms with Gasteiger partial charge in [-0.05, 0) is 26.0 Å². The van der Waals surface area contributed by atoms with Crippen molar-refractivity contribution in [1.29, 1.82) is 0 Å². The number of hydrogen-bond acceptors (Lipinski definition) is 6. The van der Waals surface area contributed by atoms with Crippen LogP contribution in [0.1, 0.15) is 22.6 Å². The first-order valence-electron chi connectivity index (χ1n) is 10.0. The molecule has 0 aliphatic carbocycles. The Morgan fingerprint density at radius 3 is 2.48 bits per heavy atom. The zero-order chi connectivity index (χ0) is 21.8. The summed E-state index contributed by atoms with van der Waals surface area (Å²) in [4.78, 5) is 8.96. The minimum atomic E-state index is -4.61. The molecule has 0 spiro atoms. The van der Waals surface area contributed by atoms with E-state index in [0.29, 0.717) is 24.5 Å². The van der Waals surface area contributed by atoms with E-state index in [4.69, 9.17) is 0 Å². The normalized spacial score (nSPS) is 16.0. The van der Waals surface area contributed by atoms with Crippen LogP contribution in [0.2, 0.25) is 0 Å². The third-order valence-corrected chi connectivity index (χ3v) is 5.79. The number of alkyl halides is 3. The Morgan fingerprint density at radius 2 is 1.77 bits per heavy atom. The van der Waals surface area contributed by atoms with Crippen molar-refractivity contribution >= 4 is 17.1 Å². The highest BCUT2D eigenvalue weighted by atomic mass is 19.4. The van der Waals surface area contributed by atoms with Crippen molar-refractivity contribution in [2.75, 3.05) is 31.1 Å². The summed E-state index contributed by atoms with van der Waals surface area (Å²) in [6, 6.07) is 5.89. The van der Waals surface area contributed by atoms with Crippen LogP contribution in [0.3, 0.4) is 0 Å². The van der Waals surface area contributed by atoms with Gasteiger partial charge in [0.15, 0.2) is 11.5 Å². The molecule has 0 N–H and O–H groups in total. The number of pyridine rings is 1. The van der Waals surface area contributed by atoms with E-state index in [9.17, 15) is 13.2 Å². The van der Waals surface area contributed by atoms with E-state index < -0.39 is 12.0 Å². The molecule has 5 rings (SSSR count). The van der Waals surface area contributed by atoms with Gasteiger partial charge in [0.2, 0.25) is 0 Å². The highest BCUT2D eigenvalue weighted by Crippen LogP contribution is 2.30. The van der Waals surface area contributed by atoms with Crippen LogP contribution in [0.15, 0.2) is 30.6 Å². The van der Waals surface area contributed by atoms with E-state index in [1.807, 2.05) is 46.8 Å². The van der Waals surface area contributed by atoms with Gasteiger partial charge < -0.3 is 9.30 Å². The molecular formula is C20H21F3N8. The topological polar surface area (TPSA) is 66.9 Å². The summed E-state index contributed by atoms with van der Waals surface area (Å²) in [6.45, 7) is 7.20. The first kappa shape index (κ1) is 19.7. The van der Waals surface area contributed by atoms with Gasteiger partial charge >= 0.3 is 6.18 Å². The Bertz CT molecular complexity index is 1220. The molecule has 11 heteroatoms. The van der Waals surface area contributed by atoms with Gasteiger partial charge in [-0.1, -0.05) is 6.07 Å². The van der Waals surface area contributed by atoms with Crippen molar-refractivity contribution in [3.63, 3.8) is 0 Å². The van der Waals surface area contributed by atoms with Gasteiger partial charge in [-0.2, -0.15) is 17.7 Å². The summed E-state index contributed by atoms with van der Waals surface area (Å²) in [5.74, 6) is -0.556. The van der Waals surface area contributed by atoms with E-state index in [1.54, 1.807) is 6.92 Å². The molecule has 8 nitrogen and oxygen atoms in total. The van der Waals surface area contributed by atoms with Gasteiger partial charge in [0.25, 0.3) is 5.82 Å². The van der Waals surface area contributed by atoms with Crippen LogP contribution in [0.4, 0.5) is 19.0 Å². The molecule has 0 saturated carbocycles. The van der Waals surface area contributed by atoms with Crippen molar-refractivity contribution in [2.45, 2.75) is 26.6 Å². The Balaban J connectivity index is 1.35. The Labute approximate surface area is 175 Å². The van der Waals surface area contributed by atoms with Crippen LogP contribution in [0, 0.1) is 13.8 Å². The number of rotatable bonds is 3. The predicted molar refractivity (Wildman–Crippen MR) is 108 cm³/mol. The number of hydrogen-bond donors (Lipinski definition) is 0. The quantitative estimate of drug-likeness (QED) is 0.498. The zero-order valence-corrected chi connectivity index (χ0v) is 17.1. The molecule has 0 radical (unpaired) electrons. The molecule has 1 aliphatic rings. The van der Waals surface area contributed by atoms with Gasteiger partial charge in [0.1, 0.15) is 5.65 Å². The average molecular weight is 430 g/mol. The minimum absolute atomic E-state index is 0.138. The molecule has 1 saturated heterocycles. The van der Waals surface area contributed by atoms with E-state index in [0.717, 1.165) is 41.1 Å². The van der Waals surface area contributed by atoms with Crippen LogP contribution in [0.25, 0.3) is 11.3 Å². The monoisotopic (exact) mass is 430 g/mol. The lowest BCUT2D eigenvalue weighted by molar-refractivity contribution is -0.146. The first-order valence-corrected chi connectivity index (χ1v) is 10.0. The molecule has 0 unspecified atom stereocenters. The lowest BCUT2D eigenvalue weighted by Crippen LogP contribution is -2.46. The number of aryl methyl sites for hydroxylation is 1. The molecule has 0 atom stereocenters. The summed E-state index contributed by atoms with van der Waals surface area (Å²) in [7, 11) is 0. The maximum atomic E-state index is 13.3. The molecule has 1 aliphatic heterocycles. The molecule has 4 aromatic heterocycles. The highest BCUT2D eigenvalue weighted by molar-refractivity contribution is 5.59. The van der Waals surface area contributed by atoms with Crippen molar-refractivity contribution < 1.29 is 13.2 Å². The van der Waals surface area contributed by atoms with Crippen molar-refractivity contribution in [3.05, 3.63) is 53.2 Å². The van der Waals surface area contributed by atoms with Gasteiger partial charge in [-0.15, -0.1) is 15.3 Å². The number of anilines is 1. The maximum Gasteiger partial charge on any atom is 0.453 e. The van der Waals surface area contributed by atoms with Crippen LogP contribution in [-0.2, 0) is 12.7 Å². The van der Waals surface area contributed by atoms with Crippen LogP contribution in [0.5, 0.6) is 0 Å². The molecular weight excluding hydrogens is 409 g/mol. The van der Waals surface area contributed by atoms with E-state index >= 15 is 0 Å². The Hall–Kier alpha value is -3.21. The second-order valence-corrected chi connectivity index (χ2v) is 7.79. The third kappa shape index (κ3) is 3.48. The lowest BCUT2D eigenvalue weighted by atomic mass is 10.1. The molecule has 0 bridgehead atoms. The van der Waals surface area contributed by atoms with Gasteiger partial charge in [-0.3, -0.25) is 4.90 Å². The molecule has 162 valence electrons. The second-order valence-electron chi connectivity index (χ2n) is 7.79. The maximum absolute atomic E-state index is 13.3. The number of imidazole rings is 1. The summed E-state index contributed by atoms with van der Waals surface area (Å²) in [5.41, 5.74) is 3.52. The summed E-state index contributed by atoms with van der Waals surface area (Å²) >= 11 is 0. The fourth-order valence-electron chi connectivity index (χ4n) is 4.00. The van der Waals surface area contributed by atoms with E-state index in [1.165, 1.54) is 0 Å². The number of halogens is 3. The number of aromatic nitrogens is 6.